The highest BCUT2D eigenvalue weighted by Crippen LogP contribution is 2.22. The maximum Gasteiger partial charge on any atom is 0.314 e. The number of nitrogens with two attached hydrogens (primary N) is 1. The van der Waals surface area contributed by atoms with Crippen LogP contribution >= 0.6 is 11.6 Å². The van der Waals surface area contributed by atoms with Crippen molar-refractivity contribution in [2.75, 3.05) is 16.4 Å². The molecule has 0 aliphatic heterocycles. The van der Waals surface area contributed by atoms with Crippen molar-refractivity contribution in [3.05, 3.63) is 47.5 Å². The maximum absolute atomic E-state index is 11.7. The number of phenolic OH excluding ortho intramolecular Hbond substituents is 1. The lowest BCUT2D eigenvalue weighted by Crippen LogP contribution is -2.29. The predicted molar refractivity (Wildman–Crippen MR) is 81.2 cm³/mol. The second-order valence-electron chi connectivity index (χ2n) is 4.19. The van der Waals surface area contributed by atoms with E-state index in [4.69, 9.17) is 22.4 Å². The minimum atomic E-state index is -0.844. The van der Waals surface area contributed by atoms with Crippen molar-refractivity contribution in [3.8, 4) is 5.75 Å². The van der Waals surface area contributed by atoms with Gasteiger partial charge in [0.1, 0.15) is 5.75 Å². The van der Waals surface area contributed by atoms with E-state index in [2.05, 4.69) is 10.6 Å². The van der Waals surface area contributed by atoms with Crippen molar-refractivity contribution in [1.29, 1.82) is 0 Å². The number of aromatic hydroxyl groups is 1. The molecule has 0 atom stereocenters. The Bertz CT molecular complexity index is 686. The van der Waals surface area contributed by atoms with Crippen LogP contribution in [-0.4, -0.2) is 16.9 Å². The van der Waals surface area contributed by atoms with Gasteiger partial charge in [0.25, 0.3) is 0 Å². The van der Waals surface area contributed by atoms with Crippen LogP contribution in [-0.2, 0) is 9.59 Å². The molecule has 108 valence electrons. The molecule has 2 aromatic rings. The molecule has 0 bridgehead atoms. The average molecular weight is 306 g/mol. The molecular formula is C14H12ClN3O3. The summed E-state index contributed by atoms with van der Waals surface area (Å²) >= 11 is 5.82. The van der Waals surface area contributed by atoms with E-state index in [1.54, 1.807) is 0 Å². The number of phenols is 1. The lowest BCUT2D eigenvalue weighted by atomic mass is 10.2. The molecular weight excluding hydrogens is 294 g/mol. The van der Waals surface area contributed by atoms with Crippen LogP contribution in [0.3, 0.4) is 0 Å². The Hall–Kier alpha value is -2.73. The van der Waals surface area contributed by atoms with E-state index >= 15 is 0 Å². The van der Waals surface area contributed by atoms with E-state index in [0.29, 0.717) is 17.1 Å². The van der Waals surface area contributed by atoms with Gasteiger partial charge in [-0.1, -0.05) is 11.6 Å². The summed E-state index contributed by atoms with van der Waals surface area (Å²) in [5, 5.41) is 14.2. The Morgan fingerprint density at radius 3 is 2.05 bits per heavy atom. The number of benzene rings is 2. The van der Waals surface area contributed by atoms with Crippen molar-refractivity contribution in [3.63, 3.8) is 0 Å². The number of rotatable bonds is 2. The third kappa shape index (κ3) is 3.87. The first-order chi connectivity index (χ1) is 9.95. The minimum absolute atomic E-state index is 0.0639. The third-order valence-corrected chi connectivity index (χ3v) is 2.92. The highest BCUT2D eigenvalue weighted by Gasteiger charge is 2.14. The Morgan fingerprint density at radius 2 is 1.48 bits per heavy atom. The molecule has 5 N–H and O–H groups in total. The van der Waals surface area contributed by atoms with Crippen LogP contribution in [0.1, 0.15) is 0 Å². The fourth-order valence-electron chi connectivity index (χ4n) is 1.53. The minimum Gasteiger partial charge on any atom is -0.508 e. The molecule has 0 heterocycles. The molecule has 0 aliphatic rings. The summed E-state index contributed by atoms with van der Waals surface area (Å²) in [6.07, 6.45) is 0. The van der Waals surface area contributed by atoms with Crippen molar-refractivity contribution >= 4 is 40.5 Å². The normalized spacial score (nSPS) is 9.95. The number of halogens is 1. The Labute approximate surface area is 125 Å². The lowest BCUT2D eigenvalue weighted by molar-refractivity contribution is -0.132. The number of hydrogen-bond acceptors (Lipinski definition) is 4. The molecule has 0 fully saturated rings. The monoisotopic (exact) mass is 305 g/mol. The van der Waals surface area contributed by atoms with Crippen LogP contribution in [0.5, 0.6) is 5.75 Å². The topological polar surface area (TPSA) is 104 Å². The second-order valence-corrected chi connectivity index (χ2v) is 4.60. The van der Waals surface area contributed by atoms with E-state index < -0.39 is 11.8 Å². The zero-order valence-corrected chi connectivity index (χ0v) is 11.5. The smallest absolute Gasteiger partial charge is 0.314 e. The molecule has 0 saturated carbocycles. The maximum atomic E-state index is 11.7. The van der Waals surface area contributed by atoms with Crippen molar-refractivity contribution in [2.24, 2.45) is 0 Å². The van der Waals surface area contributed by atoms with Gasteiger partial charge in [0.15, 0.2) is 0 Å². The van der Waals surface area contributed by atoms with Crippen LogP contribution in [0.4, 0.5) is 17.1 Å². The molecule has 2 rings (SSSR count). The zero-order chi connectivity index (χ0) is 15.4. The van der Waals surface area contributed by atoms with Gasteiger partial charge in [-0.3, -0.25) is 9.59 Å². The van der Waals surface area contributed by atoms with Crippen LogP contribution in [0.2, 0.25) is 5.02 Å². The number of hydrogen-bond donors (Lipinski definition) is 4. The highest BCUT2D eigenvalue weighted by atomic mass is 35.5. The number of carbonyl (C=O) groups is 2. The lowest BCUT2D eigenvalue weighted by Gasteiger charge is -2.07. The van der Waals surface area contributed by atoms with Gasteiger partial charge in [-0.2, -0.15) is 0 Å². The first-order valence-electron chi connectivity index (χ1n) is 5.92. The molecule has 2 aromatic carbocycles. The fraction of sp³-hybridized carbons (Fsp3) is 0. The Balaban J connectivity index is 2.00. The average Bonchev–Trinajstić information content (AvgIpc) is 2.45. The molecule has 0 aromatic heterocycles. The Kier molecular flexibility index (Phi) is 4.30. The fourth-order valence-corrected chi connectivity index (χ4v) is 1.71. The molecule has 6 nitrogen and oxygen atoms in total. The third-order valence-electron chi connectivity index (χ3n) is 2.59. The molecule has 7 heteroatoms. The number of carbonyl (C=O) groups excluding carboxylic acids is 2. The highest BCUT2D eigenvalue weighted by molar-refractivity contribution is 6.43. The summed E-state index contributed by atoms with van der Waals surface area (Å²) in [5.74, 6) is -1.62. The summed E-state index contributed by atoms with van der Waals surface area (Å²) < 4.78 is 0. The predicted octanol–water partition coefficient (Wildman–Crippen LogP) is 2.21. The molecule has 2 amide bonds. The molecule has 0 spiro atoms. The second kappa shape index (κ2) is 6.15. The van der Waals surface area contributed by atoms with Gasteiger partial charge in [-0.15, -0.1) is 0 Å². The van der Waals surface area contributed by atoms with Crippen LogP contribution < -0.4 is 16.4 Å². The van der Waals surface area contributed by atoms with Crippen molar-refractivity contribution < 1.29 is 14.7 Å². The van der Waals surface area contributed by atoms with Crippen LogP contribution in [0.15, 0.2) is 42.5 Å². The number of nitrogen functional groups attached to an aromatic ring is 1. The van der Waals surface area contributed by atoms with Crippen LogP contribution in [0.25, 0.3) is 0 Å². The van der Waals surface area contributed by atoms with Gasteiger partial charge in [-0.25, -0.2) is 0 Å². The molecule has 21 heavy (non-hydrogen) atoms. The van der Waals surface area contributed by atoms with Gasteiger partial charge in [-0.05, 0) is 42.5 Å². The van der Waals surface area contributed by atoms with Crippen molar-refractivity contribution in [2.45, 2.75) is 0 Å². The SMILES string of the molecule is Nc1ccc(NC(=O)C(=O)Nc2ccc(O)cc2)cc1Cl. The molecule has 0 aliphatic carbocycles. The van der Waals surface area contributed by atoms with E-state index in [-0.39, 0.29) is 10.8 Å². The first kappa shape index (κ1) is 14.7. The molecule has 0 saturated heterocycles. The van der Waals surface area contributed by atoms with Gasteiger partial charge < -0.3 is 21.5 Å². The summed E-state index contributed by atoms with van der Waals surface area (Å²) in [6, 6.07) is 10.2. The van der Waals surface area contributed by atoms with Gasteiger partial charge in [0, 0.05) is 11.4 Å². The standard InChI is InChI=1S/C14H12ClN3O3/c15-11-7-9(3-6-12(11)16)18-14(21)13(20)17-8-1-4-10(19)5-2-8/h1-7,19H,16H2,(H,17,20)(H,18,21). The van der Waals surface area contributed by atoms with E-state index in [1.165, 1.54) is 42.5 Å². The van der Waals surface area contributed by atoms with Crippen LogP contribution in [0, 0.1) is 0 Å². The van der Waals surface area contributed by atoms with E-state index in [1.807, 2.05) is 0 Å². The summed E-state index contributed by atoms with van der Waals surface area (Å²) in [6.45, 7) is 0. The number of anilines is 3. The summed E-state index contributed by atoms with van der Waals surface area (Å²) in [4.78, 5) is 23.4. The molecule has 0 unspecified atom stereocenters. The van der Waals surface area contributed by atoms with Gasteiger partial charge >= 0.3 is 11.8 Å². The molecule has 0 radical (unpaired) electrons. The first-order valence-corrected chi connectivity index (χ1v) is 6.30. The quantitative estimate of drug-likeness (QED) is 0.388. The summed E-state index contributed by atoms with van der Waals surface area (Å²) in [5.41, 5.74) is 6.68. The van der Waals surface area contributed by atoms with Crippen molar-refractivity contribution in [1.82, 2.24) is 0 Å². The van der Waals surface area contributed by atoms with Gasteiger partial charge in [0.2, 0.25) is 0 Å². The van der Waals surface area contributed by atoms with E-state index in [0.717, 1.165) is 0 Å². The van der Waals surface area contributed by atoms with Gasteiger partial charge in [0.05, 0.1) is 10.7 Å². The number of amides is 2. The largest absolute Gasteiger partial charge is 0.508 e. The summed E-state index contributed by atoms with van der Waals surface area (Å²) in [7, 11) is 0. The Morgan fingerprint density at radius 1 is 0.952 bits per heavy atom. The zero-order valence-electron chi connectivity index (χ0n) is 10.8. The number of nitrogens with one attached hydrogen (secondary N) is 2. The van der Waals surface area contributed by atoms with E-state index in [9.17, 15) is 9.59 Å².